The van der Waals surface area contributed by atoms with Crippen molar-refractivity contribution >= 4 is 47.3 Å². The van der Waals surface area contributed by atoms with Crippen molar-refractivity contribution in [1.29, 1.82) is 0 Å². The van der Waals surface area contributed by atoms with Crippen molar-refractivity contribution in [2.45, 2.75) is 167 Å². The van der Waals surface area contributed by atoms with Crippen LogP contribution in [0.2, 0.25) is 0 Å². The number of hydrogen-bond acceptors (Lipinski definition) is 12. The Morgan fingerprint density at radius 3 is 1.86 bits per heavy atom. The van der Waals surface area contributed by atoms with Gasteiger partial charge in [-0.15, -0.1) is 0 Å². The highest BCUT2D eigenvalue weighted by atomic mass is 16.4. The Morgan fingerprint density at radius 2 is 1.32 bits per heavy atom. The van der Waals surface area contributed by atoms with Gasteiger partial charge in [-0.2, -0.15) is 0 Å². The van der Waals surface area contributed by atoms with Gasteiger partial charge >= 0.3 is 5.97 Å². The molecule has 0 saturated carbocycles. The normalized spacial score (nSPS) is 25.9. The number of carbonyl (C=O) groups is 8. The Labute approximate surface area is 370 Å². The van der Waals surface area contributed by atoms with Crippen LogP contribution in [0.5, 0.6) is 5.75 Å². The summed E-state index contributed by atoms with van der Waals surface area (Å²) in [6.07, 6.45) is -1.23. The molecule has 1 aromatic carbocycles. The summed E-state index contributed by atoms with van der Waals surface area (Å²) < 4.78 is 0. The van der Waals surface area contributed by atoms with Crippen molar-refractivity contribution in [3.05, 3.63) is 29.8 Å². The number of carbonyl (C=O) groups excluding carboxylic acids is 7. The first-order chi connectivity index (χ1) is 29.4. The van der Waals surface area contributed by atoms with Gasteiger partial charge in [-0.05, 0) is 110 Å². The van der Waals surface area contributed by atoms with Gasteiger partial charge in [0.2, 0.25) is 41.4 Å². The van der Waals surface area contributed by atoms with Crippen molar-refractivity contribution in [2.24, 2.45) is 11.7 Å². The Bertz CT molecular complexity index is 1740. The summed E-state index contributed by atoms with van der Waals surface area (Å²) in [5, 5.41) is 49.0. The number of rotatable bonds is 14. The molecule has 20 nitrogen and oxygen atoms in total. The van der Waals surface area contributed by atoms with Crippen LogP contribution >= 0.6 is 0 Å². The van der Waals surface area contributed by atoms with Crippen molar-refractivity contribution in [3.63, 3.8) is 0 Å². The van der Waals surface area contributed by atoms with Crippen molar-refractivity contribution in [2.75, 3.05) is 13.1 Å². The molecule has 0 aliphatic carbocycles. The van der Waals surface area contributed by atoms with Crippen LogP contribution in [0.4, 0.5) is 0 Å². The monoisotopic (exact) mass is 890 g/mol. The number of phenols is 1. The number of benzene rings is 1. The van der Waals surface area contributed by atoms with Crippen LogP contribution < -0.4 is 43.0 Å². The average Bonchev–Trinajstić information content (AvgIpc) is 3.17. The number of nitrogens with zero attached hydrogens (tertiary/aromatic N) is 1. The number of aliphatic hydroxyl groups excluding tert-OH is 1. The fraction of sp³-hybridized carbons (Fsp3) is 0.674. The summed E-state index contributed by atoms with van der Waals surface area (Å²) >= 11 is 0. The van der Waals surface area contributed by atoms with Crippen molar-refractivity contribution in [3.8, 4) is 5.75 Å². The van der Waals surface area contributed by atoms with Crippen LogP contribution in [0.1, 0.15) is 106 Å². The maximum atomic E-state index is 14.4. The Morgan fingerprint density at radius 1 is 0.778 bits per heavy atom. The zero-order valence-electron chi connectivity index (χ0n) is 38.1. The molecular weight excluding hydrogens is 819 g/mol. The summed E-state index contributed by atoms with van der Waals surface area (Å²) in [5.74, 6) is -7.57. The molecule has 1 saturated heterocycles. The topological polar surface area (TPSA) is 311 Å². The van der Waals surface area contributed by atoms with Gasteiger partial charge in [0.1, 0.15) is 42.0 Å². The summed E-state index contributed by atoms with van der Waals surface area (Å²) in [7, 11) is 0. The quantitative estimate of drug-likeness (QED) is 0.103. The standard InChI is InChI=1S/C43H71N9O11/c1-10-19-52-25(5)36(57)47-31(21-27-14-16-28(54)17-15-27)39(60)46-29(13-11-12-18-44)37(58)48-30(20-23(2)3)38(59)49-32(22-33(55)56)40(61)50-34(26(6)53)41(62)45-24(4)35(52)42(63)51-43(7,8)9/h14-17,23-26,29-32,34-35,53-54H,10-13,18-22,44H2,1-9H3,(H,45,62)(H,46,60)(H,47,57)(H,48,58)(H,49,59)(H,50,61)(H,51,63)(H,55,56)/t24-,25-,26+,29-,30-,31-,32-,34-,35-/m0/s1. The summed E-state index contributed by atoms with van der Waals surface area (Å²) in [6, 6.07) is -4.96. The number of aliphatic hydroxyl groups is 1. The number of aromatic hydroxyl groups is 1. The lowest BCUT2D eigenvalue weighted by Crippen LogP contribution is -2.66. The Balaban J connectivity index is 2.89. The maximum Gasteiger partial charge on any atom is 0.305 e. The molecule has 1 aliphatic rings. The third kappa shape index (κ3) is 17.7. The lowest BCUT2D eigenvalue weighted by molar-refractivity contribution is -0.142. The van der Waals surface area contributed by atoms with E-state index < -0.39 is 114 Å². The second-order valence-electron chi connectivity index (χ2n) is 17.7. The van der Waals surface area contributed by atoms with Crippen LogP contribution in [0.25, 0.3) is 0 Å². The molecule has 20 heteroatoms. The number of unbranched alkanes of at least 4 members (excludes halogenated alkanes) is 1. The minimum absolute atomic E-state index is 0.0225. The van der Waals surface area contributed by atoms with Crippen molar-refractivity contribution in [1.82, 2.24) is 42.1 Å². The molecule has 7 amide bonds. The minimum atomic E-state index is -1.79. The lowest BCUT2D eigenvalue weighted by Gasteiger charge is -2.40. The van der Waals surface area contributed by atoms with E-state index in [1.54, 1.807) is 51.7 Å². The second-order valence-corrected chi connectivity index (χ2v) is 17.7. The molecule has 354 valence electrons. The van der Waals surface area contributed by atoms with Gasteiger partial charge in [0.05, 0.1) is 24.6 Å². The molecule has 12 N–H and O–H groups in total. The third-order valence-electron chi connectivity index (χ3n) is 10.3. The van der Waals surface area contributed by atoms with Crippen LogP contribution in [-0.4, -0.2) is 141 Å². The molecule has 0 aromatic heterocycles. The average molecular weight is 890 g/mol. The zero-order valence-corrected chi connectivity index (χ0v) is 38.1. The second kappa shape index (κ2) is 25.1. The number of carboxylic acids is 1. The van der Waals surface area contributed by atoms with Gasteiger partial charge in [0.25, 0.3) is 0 Å². The molecule has 1 heterocycles. The van der Waals surface area contributed by atoms with E-state index >= 15 is 0 Å². The summed E-state index contributed by atoms with van der Waals surface area (Å²) in [6.45, 7) is 15.3. The predicted octanol–water partition coefficient (Wildman–Crippen LogP) is -0.709. The Hall–Kier alpha value is -5.34. The molecular formula is C43H71N9O11. The van der Waals surface area contributed by atoms with Gasteiger partial charge in [0.15, 0.2) is 0 Å². The van der Waals surface area contributed by atoms with Gasteiger partial charge in [0, 0.05) is 12.0 Å². The number of amides is 7. The van der Waals surface area contributed by atoms with E-state index in [1.807, 2.05) is 6.92 Å². The number of hydrogen-bond donors (Lipinski definition) is 11. The van der Waals surface area contributed by atoms with Crippen molar-refractivity contribution < 1.29 is 53.7 Å². The largest absolute Gasteiger partial charge is 0.508 e. The van der Waals surface area contributed by atoms with Crippen LogP contribution in [-0.2, 0) is 44.8 Å². The van der Waals surface area contributed by atoms with Crippen LogP contribution in [0.3, 0.4) is 0 Å². The molecule has 63 heavy (non-hydrogen) atoms. The van der Waals surface area contributed by atoms with Gasteiger partial charge in [-0.25, -0.2) is 0 Å². The first kappa shape index (κ1) is 53.8. The van der Waals surface area contributed by atoms with Gasteiger partial charge in [-0.1, -0.05) is 32.9 Å². The SMILES string of the molecule is CCCN1[C@H](C(=O)NC(C)(C)C)[C@H](C)NC(=O)[C@H]([C@@H](C)O)NC(=O)[C@H](CC(=O)O)NC(=O)[C@H](CC(C)C)NC(=O)[C@H](CCCCN)NC(=O)[C@H](Cc2ccc(O)cc2)NC(=O)[C@@H]1C. The molecule has 0 radical (unpaired) electrons. The smallest absolute Gasteiger partial charge is 0.305 e. The van der Waals surface area contributed by atoms with E-state index in [9.17, 15) is 53.7 Å². The molecule has 2 rings (SSSR count). The highest BCUT2D eigenvalue weighted by Crippen LogP contribution is 2.17. The van der Waals surface area contributed by atoms with Crippen LogP contribution in [0, 0.1) is 5.92 Å². The molecule has 1 aliphatic heterocycles. The van der Waals surface area contributed by atoms with E-state index in [1.165, 1.54) is 32.9 Å². The number of nitrogens with two attached hydrogens (primary N) is 1. The molecule has 0 spiro atoms. The fourth-order valence-electron chi connectivity index (χ4n) is 7.18. The number of phenolic OH excluding ortho intramolecular Hbond substituents is 1. The summed E-state index contributed by atoms with van der Waals surface area (Å²) in [4.78, 5) is 112. The first-order valence-electron chi connectivity index (χ1n) is 21.7. The van der Waals surface area contributed by atoms with E-state index in [0.29, 0.717) is 24.8 Å². The maximum absolute atomic E-state index is 14.4. The van der Waals surface area contributed by atoms with E-state index in [2.05, 4.69) is 37.2 Å². The van der Waals surface area contributed by atoms with E-state index in [0.717, 1.165) is 0 Å². The highest BCUT2D eigenvalue weighted by molar-refractivity contribution is 5.98. The molecule has 0 unspecified atom stereocenters. The van der Waals surface area contributed by atoms with Gasteiger partial charge < -0.3 is 58.3 Å². The van der Waals surface area contributed by atoms with E-state index in [-0.39, 0.29) is 44.0 Å². The molecule has 1 fully saturated rings. The fourth-order valence-corrected chi connectivity index (χ4v) is 7.18. The third-order valence-corrected chi connectivity index (χ3v) is 10.3. The van der Waals surface area contributed by atoms with Gasteiger partial charge in [-0.3, -0.25) is 43.3 Å². The summed E-state index contributed by atoms with van der Waals surface area (Å²) in [5.41, 5.74) is 5.51. The lowest BCUT2D eigenvalue weighted by atomic mass is 9.99. The number of carboxylic acid groups (broad SMARTS) is 1. The number of nitrogens with one attached hydrogen (secondary N) is 7. The molecule has 9 atom stereocenters. The van der Waals surface area contributed by atoms with Crippen LogP contribution in [0.15, 0.2) is 24.3 Å². The molecule has 1 aromatic rings. The zero-order chi connectivity index (χ0) is 47.8. The Kier molecular flexibility index (Phi) is 21.4. The number of aliphatic carboxylic acids is 1. The first-order valence-corrected chi connectivity index (χ1v) is 21.7. The molecule has 0 bridgehead atoms. The highest BCUT2D eigenvalue weighted by Gasteiger charge is 2.41. The predicted molar refractivity (Wildman–Crippen MR) is 234 cm³/mol. The van der Waals surface area contributed by atoms with E-state index in [4.69, 9.17) is 5.73 Å². The minimum Gasteiger partial charge on any atom is -0.508 e.